The third-order valence-corrected chi connectivity index (χ3v) is 14.6. The van der Waals surface area contributed by atoms with E-state index >= 15 is 0 Å². The molecule has 0 unspecified atom stereocenters. The van der Waals surface area contributed by atoms with Crippen LogP contribution in [0.5, 0.6) is 34.5 Å². The number of hydrogen-bond donors (Lipinski definition) is 3. The van der Waals surface area contributed by atoms with Crippen molar-refractivity contribution in [1.29, 1.82) is 16.2 Å². The van der Waals surface area contributed by atoms with Gasteiger partial charge in [-0.3, -0.25) is 16.2 Å². The number of benzene rings is 12. The fourth-order valence-electron chi connectivity index (χ4n) is 10.3. The van der Waals surface area contributed by atoms with E-state index in [9.17, 15) is 30.6 Å². The molecule has 3 N–H and O–H groups in total. The van der Waals surface area contributed by atoms with Gasteiger partial charge in [-0.25, -0.2) is 0 Å². The maximum absolute atomic E-state index is 12.5. The van der Waals surface area contributed by atoms with Crippen LogP contribution < -0.4 is 30.6 Å². The molecule has 0 aromatic heterocycles. The van der Waals surface area contributed by atoms with Gasteiger partial charge < -0.3 is 60.0 Å². The van der Waals surface area contributed by atoms with Crippen molar-refractivity contribution < 1.29 is 81.8 Å². The van der Waals surface area contributed by atoms with Gasteiger partial charge in [0, 0.05) is 84.6 Å². The summed E-state index contributed by atoms with van der Waals surface area (Å²) in [5.74, 6) is 0.845. The third-order valence-electron chi connectivity index (χ3n) is 14.6. The molecule has 12 aromatic carbocycles. The van der Waals surface area contributed by atoms with E-state index in [2.05, 4.69) is 0 Å². The molecule has 15 nitrogen and oxygen atoms in total. The first kappa shape index (κ1) is 70.4. The summed E-state index contributed by atoms with van der Waals surface area (Å²) in [4.78, 5) is 10.5. The molecule has 0 atom stereocenters. The third kappa shape index (κ3) is 17.0. The molecular formula is C75H78N9O6Yb. The Hall–Kier alpha value is -9.67. The summed E-state index contributed by atoms with van der Waals surface area (Å²) in [6, 6.07) is 66.1. The van der Waals surface area contributed by atoms with Gasteiger partial charge >= 0.3 is 51.2 Å². The molecule has 0 heterocycles. The minimum absolute atomic E-state index is 0. The topological polar surface area (TPSA) is 229 Å². The van der Waals surface area contributed by atoms with Crippen LogP contribution in [0.1, 0.15) is 4.28 Å². The van der Waals surface area contributed by atoms with Gasteiger partial charge in [0.05, 0.1) is 0 Å². The second-order valence-corrected chi connectivity index (χ2v) is 22.3. The van der Waals surface area contributed by atoms with Crippen LogP contribution in [0.3, 0.4) is 0 Å². The molecule has 16 heteroatoms. The smallest absolute Gasteiger partial charge is 0.872 e. The number of nitrogens with one attached hydrogen (secondary N) is 3. The van der Waals surface area contributed by atoms with Crippen molar-refractivity contribution in [2.75, 3.05) is 84.6 Å². The van der Waals surface area contributed by atoms with E-state index in [0.29, 0.717) is 51.3 Å². The van der Waals surface area contributed by atoms with Crippen LogP contribution in [0.15, 0.2) is 218 Å². The Labute approximate surface area is 576 Å². The van der Waals surface area contributed by atoms with E-state index in [1.807, 2.05) is 230 Å². The Balaban J connectivity index is 0.000000309. The van der Waals surface area contributed by atoms with Gasteiger partial charge in [-0.15, -0.1) is 34.5 Å². The van der Waals surface area contributed by atoms with E-state index in [0.717, 1.165) is 64.6 Å². The fourth-order valence-corrected chi connectivity index (χ4v) is 10.3. The largest absolute Gasteiger partial charge is 3.00 e. The molecule has 0 fully saturated rings. The zero-order valence-corrected chi connectivity index (χ0v) is 54.9. The summed E-state index contributed by atoms with van der Waals surface area (Å²) < 4.78 is 0. The summed E-state index contributed by atoms with van der Waals surface area (Å²) in [6.07, 6.45) is 0. The summed E-state index contributed by atoms with van der Waals surface area (Å²) in [5, 5.41) is 107. The van der Waals surface area contributed by atoms with Crippen LogP contribution >= 0.6 is 0 Å². The van der Waals surface area contributed by atoms with Gasteiger partial charge in [-0.2, -0.15) is 0 Å². The number of guanidine groups is 3. The van der Waals surface area contributed by atoms with Crippen LogP contribution in [0.4, 0.5) is 0 Å². The fraction of sp³-hybridized carbons (Fsp3) is 0.160. The van der Waals surface area contributed by atoms with Gasteiger partial charge in [-0.1, -0.05) is 218 Å². The molecule has 0 aliphatic rings. The van der Waals surface area contributed by atoms with Crippen molar-refractivity contribution >= 4 is 82.5 Å². The maximum atomic E-state index is 12.5. The maximum Gasteiger partial charge on any atom is 3.00 e. The summed E-state index contributed by atoms with van der Waals surface area (Å²) in [7, 11) is 22.2. The molecule has 0 amide bonds. The Morgan fingerprint density at radius 3 is 0.451 bits per heavy atom. The van der Waals surface area contributed by atoms with Crippen LogP contribution in [0.25, 0.3) is 98.0 Å². The van der Waals surface area contributed by atoms with Crippen molar-refractivity contribution in [3.05, 3.63) is 218 Å². The van der Waals surface area contributed by atoms with Gasteiger partial charge in [0.15, 0.2) is 17.9 Å². The number of fused-ring (bicyclic) bond motifs is 6. The predicted octanol–water partition coefficient (Wildman–Crippen LogP) is 11.9. The van der Waals surface area contributed by atoms with Crippen molar-refractivity contribution in [1.82, 2.24) is 29.4 Å². The molecular weight excluding hydrogens is 1300 g/mol. The van der Waals surface area contributed by atoms with E-state index in [1.54, 1.807) is 102 Å². The van der Waals surface area contributed by atoms with E-state index < -0.39 is 0 Å². The number of hydrogen-bond acceptors (Lipinski definition) is 9. The zero-order chi connectivity index (χ0) is 65.5. The first-order chi connectivity index (χ1) is 42.9. The van der Waals surface area contributed by atoms with E-state index in [-0.39, 0.29) is 85.7 Å². The molecule has 0 saturated carbocycles. The van der Waals surface area contributed by atoms with Crippen molar-refractivity contribution in [2.24, 2.45) is 0 Å². The first-order valence-corrected chi connectivity index (χ1v) is 28.9. The van der Waals surface area contributed by atoms with Crippen molar-refractivity contribution in [3.8, 4) is 67.9 Å². The molecule has 0 aliphatic carbocycles. The average Bonchev–Trinajstić information content (AvgIpc) is 0.779. The van der Waals surface area contributed by atoms with Crippen LogP contribution in [0.2, 0.25) is 0 Å². The quantitative estimate of drug-likeness (QED) is 0.111. The van der Waals surface area contributed by atoms with E-state index in [4.69, 9.17) is 16.2 Å². The molecule has 0 saturated heterocycles. The SMILES string of the molecule is CN(C)C(=N)N(C)C.CN(C)C(=N)N(C)C.CN(C)C(=N)N(C)C.[H+].[H+].[H+].[O-]c1ccc2ccccc2c1-c1c([O-])ccc2ccccc12.[O-]c1ccc2ccccc2c1-c1c([O-])ccc2ccccc12.[O-]c1ccc2ccccc2c1-c1c([O-])ccc2ccccc12.[Yb+3]. The second kappa shape index (κ2) is 32.2. The predicted molar refractivity (Wildman–Crippen MR) is 366 cm³/mol. The second-order valence-electron chi connectivity index (χ2n) is 22.3. The van der Waals surface area contributed by atoms with Gasteiger partial charge in [0.1, 0.15) is 0 Å². The molecule has 91 heavy (non-hydrogen) atoms. The Bertz CT molecular complexity index is 3800. The standard InChI is InChI=1S/3C20H14O2.3C5H13N3.Yb/c3*21-17-11-9-13-5-1-3-7-15(13)19(17)20-16-8-4-2-6-14(16)10-12-18(20)22;3*1-7(2)5(6)8(3)4;/h3*1-12,21-22H;3*6H,1-4H3;/q;;;;;;+3/p-3. The number of nitrogens with zero attached hydrogens (tertiary/aromatic N) is 6. The molecule has 12 rings (SSSR count). The summed E-state index contributed by atoms with van der Waals surface area (Å²) >= 11 is 0. The Morgan fingerprint density at radius 1 is 0.220 bits per heavy atom. The number of rotatable bonds is 3. The zero-order valence-electron chi connectivity index (χ0n) is 56.2. The van der Waals surface area contributed by atoms with Crippen LogP contribution in [0, 0.1) is 63.2 Å². The molecule has 0 spiro atoms. The molecule has 0 aliphatic heterocycles. The summed E-state index contributed by atoms with van der Waals surface area (Å²) in [5.41, 5.74) is 3.00. The van der Waals surface area contributed by atoms with Crippen LogP contribution in [-0.4, -0.2) is 132 Å². The Kier molecular flexibility index (Phi) is 24.9. The van der Waals surface area contributed by atoms with E-state index in [1.165, 1.54) is 0 Å². The monoisotopic (exact) mass is 1370 g/mol. The molecule has 473 valence electrons. The van der Waals surface area contributed by atoms with Gasteiger partial charge in [0.25, 0.3) is 0 Å². The molecule has 1 radical (unpaired) electrons. The summed E-state index contributed by atoms with van der Waals surface area (Å²) in [6.45, 7) is 0. The van der Waals surface area contributed by atoms with Gasteiger partial charge in [0.2, 0.25) is 0 Å². The minimum Gasteiger partial charge on any atom is -0.872 e. The Morgan fingerprint density at radius 2 is 0.341 bits per heavy atom. The average molecular weight is 1370 g/mol. The van der Waals surface area contributed by atoms with Crippen molar-refractivity contribution in [3.63, 3.8) is 0 Å². The van der Waals surface area contributed by atoms with Crippen molar-refractivity contribution in [2.45, 2.75) is 0 Å². The first-order valence-electron chi connectivity index (χ1n) is 28.9. The minimum atomic E-state index is -0.118. The molecule has 12 aromatic rings. The molecule has 0 bridgehead atoms. The normalized spacial score (nSPS) is 10.3. The van der Waals surface area contributed by atoms with Crippen LogP contribution in [-0.2, 0) is 0 Å². The van der Waals surface area contributed by atoms with Gasteiger partial charge in [-0.05, 0) is 98.0 Å².